The monoisotopic (exact) mass is 343 g/mol. The summed E-state index contributed by atoms with van der Waals surface area (Å²) in [6, 6.07) is 3.41. The molecule has 1 rings (SSSR count). The molecule has 136 valence electrons. The molecule has 1 atom stereocenters. The van der Waals surface area contributed by atoms with E-state index in [0.717, 1.165) is 0 Å². The second-order valence-corrected chi connectivity index (χ2v) is 7.17. The molecule has 0 spiro atoms. The van der Waals surface area contributed by atoms with Gasteiger partial charge in [-0.3, -0.25) is 14.6 Å². The Kier molecular flexibility index (Phi) is 7.09. The first-order valence-electron chi connectivity index (χ1n) is 8.46. The van der Waals surface area contributed by atoms with Crippen LogP contribution in [-0.2, 0) is 4.79 Å². The van der Waals surface area contributed by atoms with Crippen LogP contribution >= 0.6 is 0 Å². The van der Waals surface area contributed by atoms with Crippen LogP contribution < -0.4 is 5.32 Å². The van der Waals surface area contributed by atoms with Crippen molar-refractivity contribution in [3.8, 4) is 0 Å². The molecule has 1 unspecified atom stereocenters. The lowest BCUT2D eigenvalue weighted by atomic mass is 9.87. The third-order valence-corrected chi connectivity index (χ3v) is 3.94. The van der Waals surface area contributed by atoms with E-state index in [2.05, 4.69) is 23.5 Å². The van der Waals surface area contributed by atoms with Crippen molar-refractivity contribution in [1.29, 1.82) is 0 Å². The van der Waals surface area contributed by atoms with Crippen LogP contribution in [-0.4, -0.2) is 40.3 Å². The van der Waals surface area contributed by atoms with Crippen molar-refractivity contribution in [1.82, 2.24) is 15.2 Å². The molecule has 1 aromatic heterocycles. The molecule has 0 saturated carbocycles. The van der Waals surface area contributed by atoms with Gasteiger partial charge in [-0.15, -0.1) is 13.2 Å². The van der Waals surface area contributed by atoms with Gasteiger partial charge in [0.2, 0.25) is 5.91 Å². The highest BCUT2D eigenvalue weighted by Crippen LogP contribution is 2.29. The average molecular weight is 343 g/mol. The Morgan fingerprint density at radius 1 is 1.32 bits per heavy atom. The predicted octanol–water partition coefficient (Wildman–Crippen LogP) is 3.21. The van der Waals surface area contributed by atoms with Crippen molar-refractivity contribution >= 4 is 11.8 Å². The molecular formula is C20H29N3O2. The Bertz CT molecular complexity index is 620. The molecule has 0 aromatic carbocycles. The van der Waals surface area contributed by atoms with Crippen molar-refractivity contribution in [2.75, 3.05) is 13.1 Å². The van der Waals surface area contributed by atoms with Crippen LogP contribution in [0.2, 0.25) is 0 Å². The first kappa shape index (κ1) is 20.6. The number of aromatic nitrogens is 1. The van der Waals surface area contributed by atoms with E-state index in [0.29, 0.717) is 25.1 Å². The van der Waals surface area contributed by atoms with E-state index in [1.165, 1.54) is 6.20 Å². The largest absolute Gasteiger partial charge is 0.350 e. The van der Waals surface area contributed by atoms with Crippen molar-refractivity contribution in [2.45, 2.75) is 39.7 Å². The molecule has 1 N–H and O–H groups in total. The molecule has 0 aliphatic heterocycles. The number of rotatable bonds is 8. The molecule has 0 aliphatic carbocycles. The van der Waals surface area contributed by atoms with Gasteiger partial charge in [0.15, 0.2) is 0 Å². The maximum Gasteiger partial charge on any atom is 0.256 e. The fourth-order valence-electron chi connectivity index (χ4n) is 2.65. The lowest BCUT2D eigenvalue weighted by molar-refractivity contribution is -0.130. The highest BCUT2D eigenvalue weighted by molar-refractivity contribution is 6.00. The number of carbonyl (C=O) groups is 2. The lowest BCUT2D eigenvalue weighted by Crippen LogP contribution is -2.61. The minimum absolute atomic E-state index is 0.194. The predicted molar refractivity (Wildman–Crippen MR) is 101 cm³/mol. The topological polar surface area (TPSA) is 62.3 Å². The number of amides is 2. The molecule has 0 bridgehead atoms. The highest BCUT2D eigenvalue weighted by Gasteiger charge is 2.44. The van der Waals surface area contributed by atoms with Crippen molar-refractivity contribution in [3.63, 3.8) is 0 Å². The standard InChI is InChI=1S/C20H29N3O2/c1-7-12-22-18(25)20(8-2,9-3)23(15-19(4,5)6)17(24)16-11-10-13-21-14-16/h7-8,10-11,13-14H,1-2,9,12,15H2,3-6H3,(H,22,25). The van der Waals surface area contributed by atoms with Crippen molar-refractivity contribution < 1.29 is 9.59 Å². The number of hydrogen-bond donors (Lipinski definition) is 1. The average Bonchev–Trinajstić information content (AvgIpc) is 2.59. The van der Waals surface area contributed by atoms with Gasteiger partial charge in [-0.2, -0.15) is 0 Å². The van der Waals surface area contributed by atoms with Crippen molar-refractivity contribution in [2.24, 2.45) is 5.41 Å². The second-order valence-electron chi connectivity index (χ2n) is 7.17. The highest BCUT2D eigenvalue weighted by atomic mass is 16.2. The van der Waals surface area contributed by atoms with Gasteiger partial charge in [-0.25, -0.2) is 0 Å². The molecule has 1 heterocycles. The molecule has 1 aromatic rings. The Morgan fingerprint density at radius 3 is 2.44 bits per heavy atom. The van der Waals surface area contributed by atoms with E-state index >= 15 is 0 Å². The summed E-state index contributed by atoms with van der Waals surface area (Å²) in [5.41, 5.74) is -0.883. The summed E-state index contributed by atoms with van der Waals surface area (Å²) in [5, 5.41) is 2.81. The molecule has 5 nitrogen and oxygen atoms in total. The third kappa shape index (κ3) is 5.02. The van der Waals surface area contributed by atoms with E-state index < -0.39 is 5.54 Å². The summed E-state index contributed by atoms with van der Waals surface area (Å²) in [7, 11) is 0. The van der Waals surface area contributed by atoms with E-state index in [1.54, 1.807) is 35.4 Å². The third-order valence-electron chi connectivity index (χ3n) is 3.94. The summed E-state index contributed by atoms with van der Waals surface area (Å²) < 4.78 is 0. The van der Waals surface area contributed by atoms with Crippen LogP contribution in [0.15, 0.2) is 49.8 Å². The van der Waals surface area contributed by atoms with Crippen molar-refractivity contribution in [3.05, 3.63) is 55.4 Å². The molecule has 0 radical (unpaired) electrons. The van der Waals surface area contributed by atoms with Crippen LogP contribution in [0.4, 0.5) is 0 Å². The quantitative estimate of drug-likeness (QED) is 0.737. The van der Waals surface area contributed by atoms with Gasteiger partial charge in [-0.1, -0.05) is 39.8 Å². The SMILES string of the molecule is C=CCNC(=O)C(C=C)(CC)N(CC(C)(C)C)C(=O)c1cccnc1. The Balaban J connectivity index is 3.39. The summed E-state index contributed by atoms with van der Waals surface area (Å²) in [6.45, 7) is 16.2. The Morgan fingerprint density at radius 2 is 2.00 bits per heavy atom. The summed E-state index contributed by atoms with van der Waals surface area (Å²) in [4.78, 5) is 31.7. The van der Waals surface area contributed by atoms with E-state index in [1.807, 2.05) is 27.7 Å². The van der Waals surface area contributed by atoms with Crippen LogP contribution in [0, 0.1) is 5.41 Å². The lowest BCUT2D eigenvalue weighted by Gasteiger charge is -2.43. The maximum absolute atomic E-state index is 13.2. The summed E-state index contributed by atoms with van der Waals surface area (Å²) in [5.74, 6) is -0.495. The Hall–Kier alpha value is -2.43. The molecule has 0 fully saturated rings. The fourth-order valence-corrected chi connectivity index (χ4v) is 2.65. The van der Waals surface area contributed by atoms with Gasteiger partial charge in [-0.05, 0) is 24.0 Å². The zero-order valence-corrected chi connectivity index (χ0v) is 15.7. The molecule has 0 saturated heterocycles. The van der Waals surface area contributed by atoms with E-state index in [-0.39, 0.29) is 17.2 Å². The van der Waals surface area contributed by atoms with E-state index in [9.17, 15) is 9.59 Å². The van der Waals surface area contributed by atoms with Gasteiger partial charge in [0.1, 0.15) is 5.54 Å². The fraction of sp³-hybridized carbons (Fsp3) is 0.450. The first-order valence-corrected chi connectivity index (χ1v) is 8.46. The molecule has 5 heteroatoms. The normalized spacial score (nSPS) is 13.4. The van der Waals surface area contributed by atoms with Crippen LogP contribution in [0.25, 0.3) is 0 Å². The van der Waals surface area contributed by atoms with Gasteiger partial charge in [0, 0.05) is 25.5 Å². The van der Waals surface area contributed by atoms with Gasteiger partial charge in [0.25, 0.3) is 5.91 Å². The zero-order valence-electron chi connectivity index (χ0n) is 15.7. The number of nitrogens with one attached hydrogen (secondary N) is 1. The van der Waals surface area contributed by atoms with E-state index in [4.69, 9.17) is 0 Å². The smallest absolute Gasteiger partial charge is 0.256 e. The van der Waals surface area contributed by atoms with Gasteiger partial charge >= 0.3 is 0 Å². The maximum atomic E-state index is 13.2. The Labute approximate surface area is 150 Å². The molecule has 0 aliphatic rings. The summed E-state index contributed by atoms with van der Waals surface area (Å²) in [6.07, 6.45) is 6.72. The van der Waals surface area contributed by atoms with Crippen LogP contribution in [0.3, 0.4) is 0 Å². The molecule has 25 heavy (non-hydrogen) atoms. The number of nitrogens with zero attached hydrogens (tertiary/aromatic N) is 2. The molecular weight excluding hydrogens is 314 g/mol. The number of pyridine rings is 1. The van der Waals surface area contributed by atoms with Crippen LogP contribution in [0.5, 0.6) is 0 Å². The zero-order chi connectivity index (χ0) is 19.1. The second kappa shape index (κ2) is 8.60. The number of hydrogen-bond acceptors (Lipinski definition) is 3. The number of carbonyl (C=O) groups excluding carboxylic acids is 2. The van der Waals surface area contributed by atoms with Gasteiger partial charge in [0.05, 0.1) is 5.56 Å². The van der Waals surface area contributed by atoms with Gasteiger partial charge < -0.3 is 10.2 Å². The minimum atomic E-state index is -1.14. The summed E-state index contributed by atoms with van der Waals surface area (Å²) >= 11 is 0. The molecule has 2 amide bonds. The first-order chi connectivity index (χ1) is 11.7. The minimum Gasteiger partial charge on any atom is -0.350 e. The van der Waals surface area contributed by atoms with Crippen LogP contribution in [0.1, 0.15) is 44.5 Å².